The third-order valence-electron chi connectivity index (χ3n) is 5.11. The summed E-state index contributed by atoms with van der Waals surface area (Å²) in [5.41, 5.74) is 4.54. The number of oxazole rings is 1. The van der Waals surface area contributed by atoms with Crippen LogP contribution in [0, 0.1) is 0 Å². The van der Waals surface area contributed by atoms with E-state index in [2.05, 4.69) is 45.4 Å². The van der Waals surface area contributed by atoms with Crippen LogP contribution in [0.4, 0.5) is 5.69 Å². The molecule has 0 aliphatic carbocycles. The molecular weight excluding hydrogens is 502 g/mol. The van der Waals surface area contributed by atoms with E-state index in [-0.39, 0.29) is 11.0 Å². The average Bonchev–Trinajstić information content (AvgIpc) is 3.22. The fraction of sp³-hybridized carbons (Fsp3) is 0.160. The number of hydrogen-bond acceptors (Lipinski definition) is 5. The molecule has 0 aliphatic heterocycles. The molecule has 0 atom stereocenters. The summed E-state index contributed by atoms with van der Waals surface area (Å²) in [6.45, 7) is 4.22. The second kappa shape index (κ2) is 9.72. The second-order valence-electron chi connectivity index (χ2n) is 7.74. The number of fused-ring (bicyclic) bond motifs is 1. The molecule has 0 radical (unpaired) electrons. The number of benzene rings is 3. The molecule has 1 aromatic heterocycles. The van der Waals surface area contributed by atoms with Gasteiger partial charge in [0.05, 0.1) is 11.6 Å². The van der Waals surface area contributed by atoms with Gasteiger partial charge in [-0.25, -0.2) is 4.98 Å². The summed E-state index contributed by atoms with van der Waals surface area (Å²) < 4.78 is 12.0. The number of rotatable bonds is 5. The van der Waals surface area contributed by atoms with Gasteiger partial charge in [0.1, 0.15) is 11.3 Å². The predicted octanol–water partition coefficient (Wildman–Crippen LogP) is 6.52. The summed E-state index contributed by atoms with van der Waals surface area (Å²) >= 11 is 8.80. The van der Waals surface area contributed by atoms with Gasteiger partial charge in [0.15, 0.2) is 10.7 Å². The summed E-state index contributed by atoms with van der Waals surface area (Å²) in [6.07, 6.45) is 0. The number of methoxy groups -OCH3 is 1. The number of carbonyl (C=O) groups is 1. The molecule has 6 nitrogen and oxygen atoms in total. The molecule has 3 aromatic carbocycles. The standard InChI is InChI=1S/C25H22BrN3O3S/c1-14(2)15-4-6-16(7-5-15)23(30)29-25(33)27-18-9-11-22-20(13-18)28-24(32-22)17-8-10-21(31-3)19(26)12-17/h4-14H,1-3H3,(H2,27,29,30,33). The number of thiocarbonyl (C=S) groups is 1. The van der Waals surface area contributed by atoms with Gasteiger partial charge in [-0.1, -0.05) is 26.0 Å². The van der Waals surface area contributed by atoms with Crippen LogP contribution in [0.3, 0.4) is 0 Å². The summed E-state index contributed by atoms with van der Waals surface area (Å²) in [6, 6.07) is 18.6. The fourth-order valence-corrected chi connectivity index (χ4v) is 4.04. The number of anilines is 1. The molecular formula is C25H22BrN3O3S. The van der Waals surface area contributed by atoms with E-state index in [9.17, 15) is 4.79 Å². The number of ether oxygens (including phenoxy) is 1. The van der Waals surface area contributed by atoms with Crippen molar-refractivity contribution < 1.29 is 13.9 Å². The Balaban J connectivity index is 1.46. The molecule has 33 heavy (non-hydrogen) atoms. The van der Waals surface area contributed by atoms with Crippen LogP contribution in [0.2, 0.25) is 0 Å². The Labute approximate surface area is 205 Å². The number of hydrogen-bond donors (Lipinski definition) is 2. The molecule has 4 rings (SSSR count). The molecule has 0 saturated heterocycles. The molecule has 4 aromatic rings. The Morgan fingerprint density at radius 3 is 2.52 bits per heavy atom. The number of nitrogens with one attached hydrogen (secondary N) is 2. The Kier molecular flexibility index (Phi) is 6.76. The minimum atomic E-state index is -0.266. The van der Waals surface area contributed by atoms with Crippen LogP contribution < -0.4 is 15.4 Å². The lowest BCUT2D eigenvalue weighted by Crippen LogP contribution is -2.34. The van der Waals surface area contributed by atoms with Gasteiger partial charge in [-0.3, -0.25) is 10.1 Å². The van der Waals surface area contributed by atoms with Crippen LogP contribution in [0.25, 0.3) is 22.6 Å². The quantitative estimate of drug-likeness (QED) is 0.290. The van der Waals surface area contributed by atoms with Crippen molar-refractivity contribution in [2.24, 2.45) is 0 Å². The average molecular weight is 524 g/mol. The van der Waals surface area contributed by atoms with Crippen molar-refractivity contribution in [1.29, 1.82) is 0 Å². The maximum atomic E-state index is 12.5. The van der Waals surface area contributed by atoms with E-state index in [1.807, 2.05) is 48.5 Å². The second-order valence-corrected chi connectivity index (χ2v) is 9.00. The van der Waals surface area contributed by atoms with Crippen molar-refractivity contribution in [2.75, 3.05) is 12.4 Å². The number of amides is 1. The van der Waals surface area contributed by atoms with Gasteiger partial charge >= 0.3 is 0 Å². The number of carbonyl (C=O) groups excluding carboxylic acids is 1. The van der Waals surface area contributed by atoms with Crippen LogP contribution >= 0.6 is 28.1 Å². The van der Waals surface area contributed by atoms with E-state index in [0.29, 0.717) is 34.2 Å². The highest BCUT2D eigenvalue weighted by atomic mass is 79.9. The molecule has 0 bridgehead atoms. The highest BCUT2D eigenvalue weighted by Crippen LogP contribution is 2.32. The lowest BCUT2D eigenvalue weighted by Gasteiger charge is -2.10. The van der Waals surface area contributed by atoms with Crippen molar-refractivity contribution in [1.82, 2.24) is 10.3 Å². The fourth-order valence-electron chi connectivity index (χ4n) is 3.29. The lowest BCUT2D eigenvalue weighted by atomic mass is 10.0. The van der Waals surface area contributed by atoms with Crippen molar-refractivity contribution in [2.45, 2.75) is 19.8 Å². The normalized spacial score (nSPS) is 10.9. The van der Waals surface area contributed by atoms with Gasteiger partial charge < -0.3 is 14.5 Å². The van der Waals surface area contributed by atoms with E-state index in [4.69, 9.17) is 21.4 Å². The van der Waals surface area contributed by atoms with E-state index in [0.717, 1.165) is 15.8 Å². The first-order valence-corrected chi connectivity index (χ1v) is 11.5. The van der Waals surface area contributed by atoms with Crippen LogP contribution in [0.15, 0.2) is 69.6 Å². The Bertz CT molecular complexity index is 1330. The Morgan fingerprint density at radius 1 is 1.09 bits per heavy atom. The SMILES string of the molecule is COc1ccc(-c2nc3cc(NC(=S)NC(=O)c4ccc(C(C)C)cc4)ccc3o2)cc1Br. The predicted molar refractivity (Wildman–Crippen MR) is 138 cm³/mol. The van der Waals surface area contributed by atoms with Crippen molar-refractivity contribution in [3.63, 3.8) is 0 Å². The molecule has 8 heteroatoms. The third kappa shape index (κ3) is 5.23. The van der Waals surface area contributed by atoms with Crippen LogP contribution in [0.1, 0.15) is 35.7 Å². The van der Waals surface area contributed by atoms with Gasteiger partial charge in [0.2, 0.25) is 5.89 Å². The molecule has 2 N–H and O–H groups in total. The summed E-state index contributed by atoms with van der Waals surface area (Å²) in [5.74, 6) is 1.36. The molecule has 0 fully saturated rings. The number of nitrogens with zero attached hydrogens (tertiary/aromatic N) is 1. The Morgan fingerprint density at radius 2 is 1.85 bits per heavy atom. The van der Waals surface area contributed by atoms with E-state index in [1.54, 1.807) is 19.2 Å². The highest BCUT2D eigenvalue weighted by Gasteiger charge is 2.13. The van der Waals surface area contributed by atoms with Gasteiger partial charge in [-0.2, -0.15) is 0 Å². The first kappa shape index (κ1) is 22.9. The van der Waals surface area contributed by atoms with Crippen molar-refractivity contribution >= 4 is 56.0 Å². The lowest BCUT2D eigenvalue weighted by molar-refractivity contribution is 0.0977. The van der Waals surface area contributed by atoms with Crippen molar-refractivity contribution in [3.05, 3.63) is 76.3 Å². The molecule has 0 saturated carbocycles. The van der Waals surface area contributed by atoms with Gasteiger partial charge in [0.25, 0.3) is 5.91 Å². The number of aromatic nitrogens is 1. The number of halogens is 1. The smallest absolute Gasteiger partial charge is 0.257 e. The molecule has 1 amide bonds. The minimum absolute atomic E-state index is 0.204. The Hall–Kier alpha value is -3.23. The monoisotopic (exact) mass is 523 g/mol. The maximum absolute atomic E-state index is 12.5. The largest absolute Gasteiger partial charge is 0.496 e. The maximum Gasteiger partial charge on any atom is 0.257 e. The van der Waals surface area contributed by atoms with E-state index < -0.39 is 0 Å². The van der Waals surface area contributed by atoms with Gasteiger partial charge in [0, 0.05) is 16.8 Å². The zero-order chi connectivity index (χ0) is 23.5. The summed E-state index contributed by atoms with van der Waals surface area (Å²) in [5, 5.41) is 5.95. The summed E-state index contributed by atoms with van der Waals surface area (Å²) in [7, 11) is 1.61. The zero-order valence-corrected chi connectivity index (χ0v) is 20.7. The summed E-state index contributed by atoms with van der Waals surface area (Å²) in [4.78, 5) is 17.1. The molecule has 1 heterocycles. The van der Waals surface area contributed by atoms with Crippen LogP contribution in [-0.4, -0.2) is 23.1 Å². The highest BCUT2D eigenvalue weighted by molar-refractivity contribution is 9.10. The molecule has 0 spiro atoms. The van der Waals surface area contributed by atoms with Crippen LogP contribution in [0.5, 0.6) is 5.75 Å². The first-order chi connectivity index (χ1) is 15.8. The molecule has 168 valence electrons. The van der Waals surface area contributed by atoms with Crippen LogP contribution in [-0.2, 0) is 0 Å². The minimum Gasteiger partial charge on any atom is -0.496 e. The molecule has 0 aliphatic rings. The molecule has 0 unspecified atom stereocenters. The topological polar surface area (TPSA) is 76.4 Å². The first-order valence-electron chi connectivity index (χ1n) is 10.3. The zero-order valence-electron chi connectivity index (χ0n) is 18.3. The van der Waals surface area contributed by atoms with Crippen molar-refractivity contribution in [3.8, 4) is 17.2 Å². The van der Waals surface area contributed by atoms with Gasteiger partial charge in [-0.05, 0) is 88.2 Å². The van der Waals surface area contributed by atoms with E-state index >= 15 is 0 Å². The third-order valence-corrected chi connectivity index (χ3v) is 5.93. The van der Waals surface area contributed by atoms with E-state index in [1.165, 1.54) is 5.56 Å². The van der Waals surface area contributed by atoms with Gasteiger partial charge in [-0.15, -0.1) is 0 Å².